The maximum absolute atomic E-state index is 3.65. The number of hydrogen-bond acceptors (Lipinski definition) is 0. The van der Waals surface area contributed by atoms with E-state index in [1.165, 1.54) is 111 Å². The summed E-state index contributed by atoms with van der Waals surface area (Å²) in [5.74, 6) is 0.898. The lowest BCUT2D eigenvalue weighted by Crippen LogP contribution is -2.13. The van der Waals surface area contributed by atoms with Gasteiger partial charge in [0.1, 0.15) is 0 Å². The third-order valence-corrected chi connectivity index (χ3v) is 6.71. The summed E-state index contributed by atoms with van der Waals surface area (Å²) in [7, 11) is 0. The molecular weight excluding hydrogens is 382 g/mol. The highest BCUT2D eigenvalue weighted by atomic mass is 79.9. The van der Waals surface area contributed by atoms with E-state index >= 15 is 0 Å². The maximum Gasteiger partial charge on any atom is 0.0459 e. The Morgan fingerprint density at radius 3 is 2.38 bits per heavy atom. The lowest BCUT2D eigenvalue weighted by atomic mass is 9.83. The van der Waals surface area contributed by atoms with Crippen LogP contribution >= 0.6 is 15.9 Å². The van der Waals surface area contributed by atoms with Gasteiger partial charge in [-0.25, -0.2) is 0 Å². The van der Waals surface area contributed by atoms with Crippen LogP contribution in [0.25, 0.3) is 10.9 Å². The van der Waals surface area contributed by atoms with Crippen LogP contribution < -0.4 is 0 Å². The van der Waals surface area contributed by atoms with E-state index in [2.05, 4.69) is 46.0 Å². The van der Waals surface area contributed by atoms with Crippen LogP contribution in [0, 0.1) is 5.92 Å². The molecule has 0 saturated heterocycles. The van der Waals surface area contributed by atoms with E-state index in [1.807, 2.05) is 0 Å². The van der Waals surface area contributed by atoms with E-state index in [4.69, 9.17) is 0 Å². The van der Waals surface area contributed by atoms with E-state index in [-0.39, 0.29) is 0 Å². The van der Waals surface area contributed by atoms with Crippen LogP contribution in [-0.2, 0) is 12.8 Å². The number of hydrogen-bond donors (Lipinski definition) is 1. The third-order valence-electron chi connectivity index (χ3n) is 6.22. The molecule has 1 atom stereocenters. The highest BCUT2D eigenvalue weighted by Crippen LogP contribution is 2.35. The summed E-state index contributed by atoms with van der Waals surface area (Å²) in [5.41, 5.74) is 4.42. The molecule has 26 heavy (non-hydrogen) atoms. The molecule has 144 valence electrons. The van der Waals surface area contributed by atoms with Crippen LogP contribution in [-0.4, -0.2) is 4.98 Å². The average Bonchev–Trinajstić information content (AvgIpc) is 3.00. The van der Waals surface area contributed by atoms with Crippen molar-refractivity contribution >= 4 is 26.8 Å². The van der Waals surface area contributed by atoms with Gasteiger partial charge in [-0.1, -0.05) is 93.5 Å². The summed E-state index contributed by atoms with van der Waals surface area (Å²) in [6.45, 7) is 2.30. The molecule has 1 aliphatic carbocycles. The van der Waals surface area contributed by atoms with Crippen molar-refractivity contribution in [3.63, 3.8) is 0 Å². The number of nitrogens with one attached hydrogen (secondary N) is 1. The first-order valence-corrected chi connectivity index (χ1v) is 11.9. The van der Waals surface area contributed by atoms with E-state index in [0.717, 1.165) is 5.92 Å². The second-order valence-electron chi connectivity index (χ2n) is 8.35. The Balaban J connectivity index is 1.34. The molecule has 1 aromatic carbocycles. The standard InChI is InChI=1S/C24H36BrN/c1-2-3-4-5-6-7-8-9-10-11-12-19-13-15-23-21(17-19)22-18-20(25)14-16-24(22)26-23/h14,16,18-19,26H,2-13,15,17H2,1H3. The van der Waals surface area contributed by atoms with Crippen LogP contribution in [0.3, 0.4) is 0 Å². The molecule has 0 fully saturated rings. The maximum atomic E-state index is 3.65. The van der Waals surface area contributed by atoms with Crippen molar-refractivity contribution in [2.75, 3.05) is 0 Å². The second-order valence-corrected chi connectivity index (χ2v) is 9.27. The Hall–Kier alpha value is -0.760. The Morgan fingerprint density at radius 1 is 0.962 bits per heavy atom. The van der Waals surface area contributed by atoms with Gasteiger partial charge in [-0.05, 0) is 48.9 Å². The lowest BCUT2D eigenvalue weighted by Gasteiger charge is -2.22. The number of rotatable bonds is 11. The quantitative estimate of drug-likeness (QED) is 0.353. The molecule has 2 heteroatoms. The topological polar surface area (TPSA) is 15.8 Å². The van der Waals surface area contributed by atoms with E-state index in [1.54, 1.807) is 5.56 Å². The normalized spacial score (nSPS) is 16.9. The van der Waals surface area contributed by atoms with Crippen molar-refractivity contribution in [3.05, 3.63) is 33.9 Å². The fourth-order valence-corrected chi connectivity index (χ4v) is 4.99. The molecule has 1 aromatic heterocycles. The molecule has 0 saturated carbocycles. The summed E-state index contributed by atoms with van der Waals surface area (Å²) >= 11 is 3.64. The summed E-state index contributed by atoms with van der Waals surface area (Å²) in [6.07, 6.45) is 19.7. The molecule has 1 aliphatic rings. The number of aromatic amines is 1. The van der Waals surface area contributed by atoms with Gasteiger partial charge in [0.05, 0.1) is 0 Å². The molecule has 2 aromatic rings. The number of aryl methyl sites for hydroxylation is 1. The Kier molecular flexibility index (Phi) is 8.10. The predicted molar refractivity (Wildman–Crippen MR) is 118 cm³/mol. The molecule has 3 rings (SSSR count). The molecule has 0 aliphatic heterocycles. The van der Waals surface area contributed by atoms with E-state index in [9.17, 15) is 0 Å². The highest BCUT2D eigenvalue weighted by molar-refractivity contribution is 9.10. The zero-order valence-electron chi connectivity index (χ0n) is 16.6. The molecule has 0 bridgehead atoms. The van der Waals surface area contributed by atoms with E-state index in [0.29, 0.717) is 0 Å². The fourth-order valence-electron chi connectivity index (χ4n) is 4.63. The largest absolute Gasteiger partial charge is 0.358 e. The molecular formula is C24H36BrN. The van der Waals surface area contributed by atoms with Crippen LogP contribution in [0.1, 0.15) is 95.2 Å². The average molecular weight is 418 g/mol. The monoisotopic (exact) mass is 417 g/mol. The summed E-state index contributed by atoms with van der Waals surface area (Å²) < 4.78 is 1.20. The number of fused-ring (bicyclic) bond motifs is 3. The molecule has 1 nitrogen and oxygen atoms in total. The Bertz CT molecular complexity index is 672. The van der Waals surface area contributed by atoms with Gasteiger partial charge in [0.15, 0.2) is 0 Å². The van der Waals surface area contributed by atoms with Gasteiger partial charge < -0.3 is 4.98 Å². The minimum absolute atomic E-state index is 0.898. The number of unbranched alkanes of at least 4 members (excludes halogenated alkanes) is 9. The Labute approximate surface area is 168 Å². The van der Waals surface area contributed by atoms with Crippen LogP contribution in [0.15, 0.2) is 22.7 Å². The Morgan fingerprint density at radius 2 is 1.65 bits per heavy atom. The second kappa shape index (κ2) is 10.5. The van der Waals surface area contributed by atoms with Crippen LogP contribution in [0.5, 0.6) is 0 Å². The van der Waals surface area contributed by atoms with Gasteiger partial charge in [0.25, 0.3) is 0 Å². The van der Waals surface area contributed by atoms with Crippen LogP contribution in [0.2, 0.25) is 0 Å². The number of aromatic nitrogens is 1. The van der Waals surface area contributed by atoms with Crippen molar-refractivity contribution in [2.45, 2.75) is 96.8 Å². The van der Waals surface area contributed by atoms with Gasteiger partial charge in [-0.2, -0.15) is 0 Å². The SMILES string of the molecule is CCCCCCCCCCCCC1CCc2[nH]c3ccc(Br)cc3c2C1. The molecule has 1 N–H and O–H groups in total. The van der Waals surface area contributed by atoms with Crippen LogP contribution in [0.4, 0.5) is 0 Å². The minimum Gasteiger partial charge on any atom is -0.358 e. The first kappa shape index (κ1) is 20.0. The zero-order chi connectivity index (χ0) is 18.2. The number of halogens is 1. The van der Waals surface area contributed by atoms with Gasteiger partial charge in [-0.3, -0.25) is 0 Å². The molecule has 0 radical (unpaired) electrons. The summed E-state index contributed by atoms with van der Waals surface area (Å²) in [6, 6.07) is 6.66. The fraction of sp³-hybridized carbons (Fsp3) is 0.667. The van der Waals surface area contributed by atoms with Crippen molar-refractivity contribution < 1.29 is 0 Å². The zero-order valence-corrected chi connectivity index (χ0v) is 18.2. The van der Waals surface area contributed by atoms with Crippen molar-refractivity contribution in [1.82, 2.24) is 4.98 Å². The van der Waals surface area contributed by atoms with Gasteiger partial charge in [-0.15, -0.1) is 0 Å². The predicted octanol–water partition coefficient (Wildman–Crippen LogP) is 8.35. The van der Waals surface area contributed by atoms with Gasteiger partial charge in [0.2, 0.25) is 0 Å². The highest BCUT2D eigenvalue weighted by Gasteiger charge is 2.22. The molecule has 0 spiro atoms. The lowest BCUT2D eigenvalue weighted by molar-refractivity contribution is 0.403. The summed E-state index contributed by atoms with van der Waals surface area (Å²) in [4.78, 5) is 3.65. The van der Waals surface area contributed by atoms with Crippen molar-refractivity contribution in [1.29, 1.82) is 0 Å². The number of H-pyrrole nitrogens is 1. The van der Waals surface area contributed by atoms with E-state index < -0.39 is 0 Å². The van der Waals surface area contributed by atoms with Crippen molar-refractivity contribution in [2.24, 2.45) is 5.92 Å². The molecule has 1 unspecified atom stereocenters. The first-order chi connectivity index (χ1) is 12.8. The third kappa shape index (κ3) is 5.62. The van der Waals surface area contributed by atoms with Crippen molar-refractivity contribution in [3.8, 4) is 0 Å². The smallest absolute Gasteiger partial charge is 0.0459 e. The number of benzene rings is 1. The molecule has 1 heterocycles. The van der Waals surface area contributed by atoms with Gasteiger partial charge >= 0.3 is 0 Å². The minimum atomic E-state index is 0.898. The van der Waals surface area contributed by atoms with Gasteiger partial charge in [0, 0.05) is 21.1 Å². The first-order valence-electron chi connectivity index (χ1n) is 11.1. The summed E-state index contributed by atoms with van der Waals surface area (Å²) in [5, 5.41) is 1.45. The molecule has 0 amide bonds.